The van der Waals surface area contributed by atoms with Gasteiger partial charge in [-0.2, -0.15) is 0 Å². The van der Waals surface area contributed by atoms with Crippen molar-refractivity contribution in [2.75, 3.05) is 0 Å². The summed E-state index contributed by atoms with van der Waals surface area (Å²) in [4.78, 5) is 59.2. The lowest BCUT2D eigenvalue weighted by Crippen LogP contribution is -2.65. The van der Waals surface area contributed by atoms with E-state index in [1.54, 1.807) is 24.3 Å². The molecule has 43 heavy (non-hydrogen) atoms. The van der Waals surface area contributed by atoms with E-state index in [9.17, 15) is 24.3 Å². The number of aliphatic hydroxyl groups is 1. The largest absolute Gasteiger partial charge is 0.393 e. The number of carbonyl (C=O) groups excluding carboxylic acids is 4. The van der Waals surface area contributed by atoms with E-state index in [0.29, 0.717) is 23.8 Å². The monoisotopic (exact) mass is 587 g/mol. The van der Waals surface area contributed by atoms with Gasteiger partial charge in [-0.15, -0.1) is 0 Å². The third-order valence-electron chi connectivity index (χ3n) is 14.1. The second-order valence-corrected chi connectivity index (χ2v) is 15.8. The van der Waals surface area contributed by atoms with Crippen molar-refractivity contribution in [3.8, 4) is 0 Å². The summed E-state index contributed by atoms with van der Waals surface area (Å²) >= 11 is 0. The average molecular weight is 588 g/mol. The van der Waals surface area contributed by atoms with E-state index in [0.717, 1.165) is 44.9 Å². The topological polar surface area (TPSA) is 101 Å². The Morgan fingerprint density at radius 2 is 1.58 bits per heavy atom. The Balaban J connectivity index is 1.18. The summed E-state index contributed by atoms with van der Waals surface area (Å²) in [5, 5.41) is 11.3. The second-order valence-electron chi connectivity index (χ2n) is 15.8. The minimum Gasteiger partial charge on any atom is -0.393 e. The predicted octanol–water partition coefficient (Wildman–Crippen LogP) is 6.30. The molecule has 1 heterocycles. The van der Waals surface area contributed by atoms with Gasteiger partial charge in [0.05, 0.1) is 23.1 Å². The second kappa shape index (κ2) is 9.35. The van der Waals surface area contributed by atoms with Crippen molar-refractivity contribution in [3.05, 3.63) is 47.0 Å². The Hall–Kier alpha value is -2.80. The van der Waals surface area contributed by atoms with Gasteiger partial charge in [0.1, 0.15) is 0 Å². The quantitative estimate of drug-likeness (QED) is 0.408. The molecular formula is C36H45NO6. The van der Waals surface area contributed by atoms with Gasteiger partial charge in [0.15, 0.2) is 5.78 Å². The number of allylic oxidation sites excluding steroid dienone is 2. The van der Waals surface area contributed by atoms with Crippen LogP contribution in [0.15, 0.2) is 35.9 Å². The predicted molar refractivity (Wildman–Crippen MR) is 159 cm³/mol. The first-order valence-corrected chi connectivity index (χ1v) is 16.4. The summed E-state index contributed by atoms with van der Waals surface area (Å²) in [5.74, 6) is -1.48. The van der Waals surface area contributed by atoms with Gasteiger partial charge in [-0.25, -0.2) is 4.79 Å². The van der Waals surface area contributed by atoms with Crippen LogP contribution in [0.2, 0.25) is 0 Å². The smallest absolute Gasteiger partial charge is 0.336 e. The van der Waals surface area contributed by atoms with Crippen LogP contribution in [0.25, 0.3) is 0 Å². The molecule has 7 heteroatoms. The Bertz CT molecular complexity index is 1430. The summed E-state index contributed by atoms with van der Waals surface area (Å²) in [6.07, 6.45) is 9.37. The fourth-order valence-corrected chi connectivity index (χ4v) is 11.3. The average Bonchev–Trinajstić information content (AvgIpc) is 3.21. The number of fused-ring (bicyclic) bond motifs is 8. The normalized spacial score (nSPS) is 45.3. The van der Waals surface area contributed by atoms with Crippen LogP contribution in [-0.2, 0) is 14.4 Å². The molecule has 7 nitrogen and oxygen atoms in total. The molecule has 10 atom stereocenters. The molecule has 6 aliphatic rings. The molecule has 0 aromatic heterocycles. The van der Waals surface area contributed by atoms with Crippen LogP contribution >= 0.6 is 0 Å². The number of amides is 2. The molecule has 0 radical (unpaired) electrons. The molecule has 5 aliphatic carbocycles. The molecule has 1 aromatic rings. The lowest BCUT2D eigenvalue weighted by molar-refractivity contribution is -0.186. The Morgan fingerprint density at radius 3 is 2.26 bits per heavy atom. The molecule has 1 aromatic carbocycles. The van der Waals surface area contributed by atoms with Crippen LogP contribution in [0.5, 0.6) is 0 Å². The number of nitrogens with zero attached hydrogens (tertiary/aromatic N) is 1. The lowest BCUT2D eigenvalue weighted by Gasteiger charge is -2.69. The zero-order chi connectivity index (χ0) is 30.7. The van der Waals surface area contributed by atoms with Crippen molar-refractivity contribution in [2.24, 2.45) is 51.2 Å². The SMILES string of the molecule is C[C@H]1[C@@H](O)CC[C@]2(C)C3C(=O)C=C4[C@@H]5C[C@@H](C(=O)ON6C(=O)c7ccccc7C6=O)CC[C@]5(C)CC[C@@]4(C)[C@]3(C)CC[C@@H]12. The van der Waals surface area contributed by atoms with Gasteiger partial charge < -0.3 is 9.94 Å². The number of hydrogen-bond donors (Lipinski definition) is 1. The third-order valence-corrected chi connectivity index (χ3v) is 14.1. The highest BCUT2D eigenvalue weighted by atomic mass is 16.7. The Kier molecular flexibility index (Phi) is 6.30. The van der Waals surface area contributed by atoms with Gasteiger partial charge in [-0.1, -0.05) is 57.4 Å². The summed E-state index contributed by atoms with van der Waals surface area (Å²) in [5.41, 5.74) is 1.17. The Morgan fingerprint density at radius 1 is 0.907 bits per heavy atom. The third kappa shape index (κ3) is 3.75. The summed E-state index contributed by atoms with van der Waals surface area (Å²) < 4.78 is 0. The molecular weight excluding hydrogens is 542 g/mol. The van der Waals surface area contributed by atoms with E-state index < -0.39 is 23.7 Å². The summed E-state index contributed by atoms with van der Waals surface area (Å²) in [6.45, 7) is 11.5. The first-order valence-electron chi connectivity index (χ1n) is 16.4. The number of hydrogen-bond acceptors (Lipinski definition) is 6. The van der Waals surface area contributed by atoms with Gasteiger partial charge in [-0.05, 0) is 115 Å². The van der Waals surface area contributed by atoms with E-state index in [2.05, 4.69) is 34.6 Å². The highest BCUT2D eigenvalue weighted by Crippen LogP contribution is 2.73. The molecule has 2 amide bonds. The highest BCUT2D eigenvalue weighted by Gasteiger charge is 2.68. The molecule has 4 fully saturated rings. The van der Waals surface area contributed by atoms with E-state index in [1.165, 1.54) is 5.57 Å². The van der Waals surface area contributed by atoms with Crippen LogP contribution in [0.4, 0.5) is 0 Å². The summed E-state index contributed by atoms with van der Waals surface area (Å²) in [7, 11) is 0. The lowest BCUT2D eigenvalue weighted by atomic mass is 9.34. The van der Waals surface area contributed by atoms with Crippen LogP contribution in [0, 0.1) is 51.2 Å². The van der Waals surface area contributed by atoms with Gasteiger partial charge >= 0.3 is 5.97 Å². The van der Waals surface area contributed by atoms with Crippen LogP contribution < -0.4 is 0 Å². The fraction of sp³-hybridized carbons (Fsp3) is 0.667. The van der Waals surface area contributed by atoms with Crippen molar-refractivity contribution in [1.29, 1.82) is 0 Å². The highest BCUT2D eigenvalue weighted by molar-refractivity contribution is 6.20. The van der Waals surface area contributed by atoms with Crippen molar-refractivity contribution in [3.63, 3.8) is 0 Å². The molecule has 7 rings (SSSR count). The van der Waals surface area contributed by atoms with Crippen LogP contribution in [0.1, 0.15) is 113 Å². The maximum Gasteiger partial charge on any atom is 0.336 e. The number of carbonyl (C=O) groups is 4. The van der Waals surface area contributed by atoms with Gasteiger partial charge in [0.2, 0.25) is 0 Å². The maximum atomic E-state index is 14.4. The first-order chi connectivity index (χ1) is 20.2. The van der Waals surface area contributed by atoms with E-state index in [-0.39, 0.29) is 62.4 Å². The van der Waals surface area contributed by atoms with Gasteiger partial charge in [0, 0.05) is 5.92 Å². The molecule has 0 spiro atoms. The van der Waals surface area contributed by atoms with E-state index >= 15 is 0 Å². The standard InChI is InChI=1S/C36H45NO6/c1-20-24-11-15-36(5)29(34(24,3)14-12-27(20)38)28(39)19-26-25-18-21(10-13-33(25,2)16-17-35(26,36)4)32(42)43-37-30(40)22-8-6-7-9-23(22)31(37)41/h6-9,19-21,24-25,27,29,38H,10-18H2,1-5H3/t20-,21+,24+,25+,27+,29?,33-,34+,35-,36-/m1/s1. The van der Waals surface area contributed by atoms with Crippen molar-refractivity contribution in [2.45, 2.75) is 98.5 Å². The minimum atomic E-state index is -0.604. The van der Waals surface area contributed by atoms with Crippen molar-refractivity contribution < 1.29 is 29.1 Å². The van der Waals surface area contributed by atoms with Crippen molar-refractivity contribution >= 4 is 23.6 Å². The molecule has 1 N–H and O–H groups in total. The number of benzene rings is 1. The van der Waals surface area contributed by atoms with Gasteiger partial charge in [-0.3, -0.25) is 14.4 Å². The zero-order valence-electron chi connectivity index (χ0n) is 26.2. The molecule has 1 aliphatic heterocycles. The molecule has 1 unspecified atom stereocenters. The molecule has 0 bridgehead atoms. The van der Waals surface area contributed by atoms with E-state index in [1.807, 2.05) is 6.08 Å². The first kappa shape index (κ1) is 28.9. The zero-order valence-corrected chi connectivity index (χ0v) is 26.2. The molecule has 4 saturated carbocycles. The summed E-state index contributed by atoms with van der Waals surface area (Å²) in [6, 6.07) is 6.52. The number of rotatable bonds is 2. The minimum absolute atomic E-state index is 0.0221. The molecule has 0 saturated heterocycles. The van der Waals surface area contributed by atoms with Gasteiger partial charge in [0.25, 0.3) is 11.8 Å². The van der Waals surface area contributed by atoms with Crippen molar-refractivity contribution in [1.82, 2.24) is 5.06 Å². The van der Waals surface area contributed by atoms with Crippen LogP contribution in [0.3, 0.4) is 0 Å². The number of ketones is 1. The number of hydroxylamine groups is 2. The van der Waals surface area contributed by atoms with E-state index in [4.69, 9.17) is 4.84 Å². The molecule has 230 valence electrons. The fourth-order valence-electron chi connectivity index (χ4n) is 11.3. The maximum absolute atomic E-state index is 14.4. The number of aliphatic hydroxyl groups excluding tert-OH is 1. The number of imide groups is 1. The van der Waals surface area contributed by atoms with Crippen LogP contribution in [-0.4, -0.2) is 39.8 Å². The Labute approximate surface area is 254 Å².